The van der Waals surface area contributed by atoms with Gasteiger partial charge in [-0.25, -0.2) is 0 Å². The second-order valence-electron chi connectivity index (χ2n) is 4.53. The molecule has 7 heteroatoms. The molecular weight excluding hydrogens is 277 g/mol. The maximum absolute atomic E-state index is 11.5. The number of hydrogen-bond donors (Lipinski definition) is 3. The normalized spacial score (nSPS) is 22.2. The zero-order chi connectivity index (χ0) is 12.0. The number of β-amino-alcohol motifs (C(OH)–C–C–N with tert-alkyl or cyclic N) is 1. The Hall–Kier alpha value is -0.0700. The van der Waals surface area contributed by atoms with Gasteiger partial charge in [-0.2, -0.15) is 0 Å². The molecule has 18 heavy (non-hydrogen) atoms. The Morgan fingerprint density at radius 3 is 2.61 bits per heavy atom. The minimum absolute atomic E-state index is 0. The van der Waals surface area contributed by atoms with Crippen LogP contribution in [0.4, 0.5) is 0 Å². The summed E-state index contributed by atoms with van der Waals surface area (Å²) in [5.74, 6) is 0.190. The number of likely N-dealkylation sites (N-methyl/N-ethyl adjacent to an activating group) is 1. The van der Waals surface area contributed by atoms with E-state index in [0.29, 0.717) is 19.6 Å². The van der Waals surface area contributed by atoms with Crippen molar-refractivity contribution in [2.45, 2.75) is 19.4 Å². The van der Waals surface area contributed by atoms with Crippen molar-refractivity contribution >= 4 is 30.7 Å². The molecule has 1 heterocycles. The van der Waals surface area contributed by atoms with Crippen LogP contribution in [0.3, 0.4) is 0 Å². The summed E-state index contributed by atoms with van der Waals surface area (Å²) < 4.78 is 0. The van der Waals surface area contributed by atoms with E-state index in [1.54, 1.807) is 0 Å². The fourth-order valence-corrected chi connectivity index (χ4v) is 1.93. The van der Waals surface area contributed by atoms with Crippen LogP contribution >= 0.6 is 24.8 Å². The number of rotatable bonds is 6. The predicted molar refractivity (Wildman–Crippen MR) is 77.7 cm³/mol. The summed E-state index contributed by atoms with van der Waals surface area (Å²) in [5, 5.41) is 15.5. The Balaban J connectivity index is 0. The fourth-order valence-electron chi connectivity index (χ4n) is 1.93. The van der Waals surface area contributed by atoms with Crippen molar-refractivity contribution in [1.82, 2.24) is 15.5 Å². The molecule has 2 unspecified atom stereocenters. The minimum atomic E-state index is -0.325. The number of halogens is 2. The summed E-state index contributed by atoms with van der Waals surface area (Å²) in [4.78, 5) is 13.5. The minimum Gasteiger partial charge on any atom is -0.391 e. The molecule has 1 aliphatic rings. The Kier molecular flexibility index (Phi) is 12.2. The molecule has 1 saturated heterocycles. The van der Waals surface area contributed by atoms with Gasteiger partial charge in [0.05, 0.1) is 12.6 Å². The third-order valence-electron chi connectivity index (χ3n) is 2.88. The maximum Gasteiger partial charge on any atom is 0.234 e. The van der Waals surface area contributed by atoms with E-state index in [0.717, 1.165) is 19.5 Å². The van der Waals surface area contributed by atoms with E-state index in [1.807, 2.05) is 11.9 Å². The lowest BCUT2D eigenvalue weighted by atomic mass is 10.1. The number of aliphatic hydroxyl groups excluding tert-OH is 1. The van der Waals surface area contributed by atoms with E-state index in [2.05, 4.69) is 17.6 Å². The number of aliphatic hydroxyl groups is 1. The molecule has 1 fully saturated rings. The summed E-state index contributed by atoms with van der Waals surface area (Å²) in [7, 11) is 1.94. The molecule has 0 saturated carbocycles. The van der Waals surface area contributed by atoms with Crippen LogP contribution in [0.2, 0.25) is 0 Å². The van der Waals surface area contributed by atoms with E-state index < -0.39 is 0 Å². The third kappa shape index (κ3) is 7.38. The summed E-state index contributed by atoms with van der Waals surface area (Å²) in [6, 6.07) is 0. The molecule has 3 N–H and O–H groups in total. The van der Waals surface area contributed by atoms with Gasteiger partial charge in [0, 0.05) is 25.6 Å². The van der Waals surface area contributed by atoms with Crippen LogP contribution in [0.15, 0.2) is 0 Å². The molecule has 0 aliphatic carbocycles. The molecule has 1 amide bonds. The number of hydrogen-bond acceptors (Lipinski definition) is 4. The van der Waals surface area contributed by atoms with Crippen molar-refractivity contribution in [3.8, 4) is 0 Å². The first-order chi connectivity index (χ1) is 7.63. The van der Waals surface area contributed by atoms with Gasteiger partial charge in [-0.3, -0.25) is 9.69 Å². The van der Waals surface area contributed by atoms with Gasteiger partial charge in [-0.15, -0.1) is 24.8 Å². The predicted octanol–water partition coefficient (Wildman–Crippen LogP) is -0.132. The van der Waals surface area contributed by atoms with Crippen molar-refractivity contribution < 1.29 is 9.90 Å². The molecule has 0 aromatic carbocycles. The summed E-state index contributed by atoms with van der Waals surface area (Å²) >= 11 is 0. The number of amides is 1. The summed E-state index contributed by atoms with van der Waals surface area (Å²) in [6.45, 7) is 5.44. The number of carbonyl (C=O) groups excluding carboxylic acids is 1. The fraction of sp³-hybridized carbons (Fsp3) is 0.909. The lowest BCUT2D eigenvalue weighted by Crippen LogP contribution is -2.39. The van der Waals surface area contributed by atoms with Gasteiger partial charge in [0.25, 0.3) is 0 Å². The van der Waals surface area contributed by atoms with Gasteiger partial charge in [0.15, 0.2) is 0 Å². The molecule has 2 atom stereocenters. The van der Waals surface area contributed by atoms with Crippen LogP contribution in [0.25, 0.3) is 0 Å². The highest BCUT2D eigenvalue weighted by Crippen LogP contribution is 2.06. The van der Waals surface area contributed by atoms with Crippen LogP contribution in [0.1, 0.15) is 13.3 Å². The smallest absolute Gasteiger partial charge is 0.234 e. The Labute approximate surface area is 122 Å². The van der Waals surface area contributed by atoms with Crippen LogP contribution in [-0.4, -0.2) is 61.8 Å². The summed E-state index contributed by atoms with van der Waals surface area (Å²) in [5.41, 5.74) is 0. The number of nitrogens with zero attached hydrogens (tertiary/aromatic N) is 1. The van der Waals surface area contributed by atoms with E-state index in [9.17, 15) is 9.90 Å². The maximum atomic E-state index is 11.5. The van der Waals surface area contributed by atoms with Crippen molar-refractivity contribution in [1.29, 1.82) is 0 Å². The van der Waals surface area contributed by atoms with Gasteiger partial charge < -0.3 is 15.7 Å². The molecule has 1 aliphatic heterocycles. The highest BCUT2D eigenvalue weighted by atomic mass is 35.5. The van der Waals surface area contributed by atoms with E-state index >= 15 is 0 Å². The molecule has 0 bridgehead atoms. The third-order valence-corrected chi connectivity index (χ3v) is 2.88. The Morgan fingerprint density at radius 1 is 1.44 bits per heavy atom. The standard InChI is InChI=1S/C11H23N3O2.2ClH/c1-3-4-14(2)8-11(16)13-6-9-5-12-7-10(9)15;;/h9-10,12,15H,3-8H2,1-2H3,(H,13,16);2*1H. The van der Waals surface area contributed by atoms with E-state index in [1.165, 1.54) is 0 Å². The van der Waals surface area contributed by atoms with Crippen molar-refractivity contribution in [3.63, 3.8) is 0 Å². The second-order valence-corrected chi connectivity index (χ2v) is 4.53. The molecule has 5 nitrogen and oxygen atoms in total. The van der Waals surface area contributed by atoms with Crippen LogP contribution < -0.4 is 10.6 Å². The Bertz CT molecular complexity index is 232. The first-order valence-corrected chi connectivity index (χ1v) is 5.97. The zero-order valence-corrected chi connectivity index (χ0v) is 12.6. The van der Waals surface area contributed by atoms with E-state index in [4.69, 9.17) is 0 Å². The SMILES string of the molecule is CCCN(C)CC(=O)NCC1CNCC1O.Cl.Cl. The quantitative estimate of drug-likeness (QED) is 0.639. The lowest BCUT2D eigenvalue weighted by Gasteiger charge is -2.17. The Morgan fingerprint density at radius 2 is 2.11 bits per heavy atom. The second kappa shape index (κ2) is 10.8. The van der Waals surface area contributed by atoms with Crippen LogP contribution in [0.5, 0.6) is 0 Å². The number of nitrogens with one attached hydrogen (secondary N) is 2. The average molecular weight is 302 g/mol. The van der Waals surface area contributed by atoms with Crippen molar-refractivity contribution in [2.24, 2.45) is 5.92 Å². The molecule has 0 spiro atoms. The van der Waals surface area contributed by atoms with Gasteiger partial charge >= 0.3 is 0 Å². The largest absolute Gasteiger partial charge is 0.391 e. The van der Waals surface area contributed by atoms with Crippen LogP contribution in [0, 0.1) is 5.92 Å². The molecule has 0 radical (unpaired) electrons. The van der Waals surface area contributed by atoms with Gasteiger partial charge in [-0.1, -0.05) is 6.92 Å². The molecule has 0 aromatic rings. The summed E-state index contributed by atoms with van der Waals surface area (Å²) in [6.07, 6.45) is 0.725. The highest BCUT2D eigenvalue weighted by Gasteiger charge is 2.24. The number of carbonyl (C=O) groups is 1. The van der Waals surface area contributed by atoms with Gasteiger partial charge in [0.2, 0.25) is 5.91 Å². The highest BCUT2D eigenvalue weighted by molar-refractivity contribution is 5.85. The molecule has 1 rings (SSSR count). The molecule has 0 aromatic heterocycles. The first kappa shape index (κ1) is 20.3. The monoisotopic (exact) mass is 301 g/mol. The first-order valence-electron chi connectivity index (χ1n) is 5.97. The molecular formula is C11H25Cl2N3O2. The van der Waals surface area contributed by atoms with Crippen molar-refractivity contribution in [3.05, 3.63) is 0 Å². The zero-order valence-electron chi connectivity index (χ0n) is 11.0. The van der Waals surface area contributed by atoms with Gasteiger partial charge in [-0.05, 0) is 20.0 Å². The van der Waals surface area contributed by atoms with Crippen molar-refractivity contribution in [2.75, 3.05) is 39.8 Å². The lowest BCUT2D eigenvalue weighted by molar-refractivity contribution is -0.122. The van der Waals surface area contributed by atoms with Crippen LogP contribution in [-0.2, 0) is 4.79 Å². The average Bonchev–Trinajstić information content (AvgIpc) is 2.61. The van der Waals surface area contributed by atoms with Gasteiger partial charge in [0.1, 0.15) is 0 Å². The molecule has 110 valence electrons. The van der Waals surface area contributed by atoms with E-state index in [-0.39, 0.29) is 42.7 Å². The topological polar surface area (TPSA) is 64.6 Å².